The summed E-state index contributed by atoms with van der Waals surface area (Å²) in [6, 6.07) is 55.9. The highest BCUT2D eigenvalue weighted by atomic mass is 15.1. The van der Waals surface area contributed by atoms with Crippen molar-refractivity contribution in [2.45, 2.75) is 0 Å². The fourth-order valence-electron chi connectivity index (χ4n) is 7.23. The van der Waals surface area contributed by atoms with Crippen molar-refractivity contribution in [1.82, 2.24) is 18.9 Å². The second-order valence-electron chi connectivity index (χ2n) is 11.9. The average molecular weight is 587 g/mol. The van der Waals surface area contributed by atoms with Gasteiger partial charge in [0.25, 0.3) is 0 Å². The molecule has 0 fully saturated rings. The van der Waals surface area contributed by atoms with Gasteiger partial charge in [0.2, 0.25) is 0 Å². The summed E-state index contributed by atoms with van der Waals surface area (Å²) in [5.41, 5.74) is 8.82. The highest BCUT2D eigenvalue weighted by Crippen LogP contribution is 2.40. The van der Waals surface area contributed by atoms with Gasteiger partial charge >= 0.3 is 0 Å². The van der Waals surface area contributed by atoms with Gasteiger partial charge in [0.1, 0.15) is 5.82 Å². The molecule has 0 aliphatic carbocycles. The van der Waals surface area contributed by atoms with Crippen LogP contribution in [0.4, 0.5) is 0 Å². The van der Waals surface area contributed by atoms with Crippen molar-refractivity contribution in [2.75, 3.05) is 0 Å². The fourth-order valence-corrected chi connectivity index (χ4v) is 7.23. The van der Waals surface area contributed by atoms with Crippen molar-refractivity contribution in [2.24, 2.45) is 0 Å². The molecule has 0 radical (unpaired) electrons. The van der Waals surface area contributed by atoms with E-state index in [-0.39, 0.29) is 0 Å². The Morgan fingerprint density at radius 1 is 0.370 bits per heavy atom. The smallest absolute Gasteiger partial charge is 0.162 e. The average Bonchev–Trinajstić information content (AvgIpc) is 3.68. The number of pyridine rings is 1. The molecule has 4 heteroatoms. The van der Waals surface area contributed by atoms with Crippen LogP contribution in [0.5, 0.6) is 0 Å². The lowest BCUT2D eigenvalue weighted by Crippen LogP contribution is -2.02. The highest BCUT2D eigenvalue weighted by Gasteiger charge is 2.19. The summed E-state index contributed by atoms with van der Waals surface area (Å²) in [7, 11) is 0. The largest absolute Gasteiger partial charge is 0.309 e. The van der Waals surface area contributed by atoms with E-state index in [0.717, 1.165) is 33.7 Å². The molecule has 0 bridgehead atoms. The highest BCUT2D eigenvalue weighted by molar-refractivity contribution is 6.22. The van der Waals surface area contributed by atoms with Crippen LogP contribution in [0.2, 0.25) is 0 Å². The molecule has 0 saturated heterocycles. The molecule has 214 valence electrons. The van der Waals surface area contributed by atoms with E-state index < -0.39 is 0 Å². The Hall–Kier alpha value is -6.26. The second kappa shape index (κ2) is 9.62. The molecule has 0 spiro atoms. The van der Waals surface area contributed by atoms with Gasteiger partial charge in [0, 0.05) is 44.1 Å². The minimum atomic E-state index is 0.704. The van der Waals surface area contributed by atoms with Gasteiger partial charge in [-0.05, 0) is 41.8 Å². The zero-order valence-corrected chi connectivity index (χ0v) is 24.8. The molecule has 10 rings (SSSR count). The monoisotopic (exact) mass is 586 g/mol. The molecule has 10 aromatic rings. The molecule has 4 heterocycles. The van der Waals surface area contributed by atoms with Crippen molar-refractivity contribution in [3.05, 3.63) is 158 Å². The molecule has 0 aliphatic heterocycles. The summed E-state index contributed by atoms with van der Waals surface area (Å²) in [6.07, 6.45) is 0. The van der Waals surface area contributed by atoms with Crippen molar-refractivity contribution >= 4 is 59.9 Å². The third-order valence-corrected chi connectivity index (χ3v) is 9.28. The van der Waals surface area contributed by atoms with Crippen LogP contribution >= 0.6 is 0 Å². The molecule has 46 heavy (non-hydrogen) atoms. The van der Waals surface area contributed by atoms with Crippen LogP contribution in [0.1, 0.15) is 0 Å². The topological polar surface area (TPSA) is 35.1 Å². The molecule has 4 nitrogen and oxygen atoms in total. The quantitative estimate of drug-likeness (QED) is 0.193. The number of aromatic nitrogens is 4. The summed E-state index contributed by atoms with van der Waals surface area (Å²) in [5, 5.41) is 7.33. The predicted molar refractivity (Wildman–Crippen MR) is 191 cm³/mol. The first kappa shape index (κ1) is 25.1. The fraction of sp³-hybridized carbons (Fsp3) is 0. The molecule has 0 unspecified atom stereocenters. The van der Waals surface area contributed by atoms with E-state index in [9.17, 15) is 0 Å². The van der Waals surface area contributed by atoms with E-state index in [4.69, 9.17) is 9.97 Å². The van der Waals surface area contributed by atoms with E-state index in [1.807, 2.05) is 24.3 Å². The molecule has 6 aromatic carbocycles. The predicted octanol–water partition coefficient (Wildman–Crippen LogP) is 10.6. The summed E-state index contributed by atoms with van der Waals surface area (Å²) < 4.78 is 4.74. The number of hydrogen-bond acceptors (Lipinski definition) is 2. The molecular weight excluding hydrogens is 560 g/mol. The molecule has 4 aromatic heterocycles. The Balaban J connectivity index is 1.36. The van der Waals surface area contributed by atoms with Crippen molar-refractivity contribution < 1.29 is 0 Å². The Labute approximate surface area is 264 Å². The van der Waals surface area contributed by atoms with Crippen molar-refractivity contribution in [3.8, 4) is 28.5 Å². The van der Waals surface area contributed by atoms with Crippen LogP contribution < -0.4 is 0 Å². The van der Waals surface area contributed by atoms with Gasteiger partial charge in [-0.15, -0.1) is 0 Å². The van der Waals surface area contributed by atoms with Crippen LogP contribution in [0.3, 0.4) is 0 Å². The Bertz CT molecular complexity index is 2730. The first-order chi connectivity index (χ1) is 22.8. The first-order valence-electron chi connectivity index (χ1n) is 15.6. The lowest BCUT2D eigenvalue weighted by Gasteiger charge is -2.13. The maximum atomic E-state index is 5.24. The van der Waals surface area contributed by atoms with Crippen molar-refractivity contribution in [3.63, 3.8) is 0 Å². The molecule has 0 aliphatic rings. The van der Waals surface area contributed by atoms with Gasteiger partial charge in [-0.3, -0.25) is 4.57 Å². The SMILES string of the molecule is c1ccc(-c2cc(-n3c4ccccc4c4cc5c(cc43)c3ccccc3n3c4ccccc4cc53)nc(-c3ccccc3)n2)cc1. The van der Waals surface area contributed by atoms with Crippen LogP contribution in [0, 0.1) is 0 Å². The zero-order valence-electron chi connectivity index (χ0n) is 24.8. The lowest BCUT2D eigenvalue weighted by atomic mass is 10.0. The molecule has 0 saturated carbocycles. The summed E-state index contributed by atoms with van der Waals surface area (Å²) >= 11 is 0. The molecule has 0 amide bonds. The maximum absolute atomic E-state index is 5.24. The summed E-state index contributed by atoms with van der Waals surface area (Å²) in [6.45, 7) is 0. The third kappa shape index (κ3) is 3.61. The van der Waals surface area contributed by atoms with Gasteiger partial charge < -0.3 is 4.40 Å². The van der Waals surface area contributed by atoms with E-state index in [1.54, 1.807) is 0 Å². The molecular formula is C42H26N4. The standard InChI is InChI=1S/C42H26N4/c1-3-13-27(14-4-1)35-26-41(44-42(43-35)28-15-5-2-6-16-28)46-38-22-12-9-19-31(38)33-24-34-32(25-40(33)46)30-18-8-11-21-37(30)45-36-20-10-7-17-29(36)23-39(34)45/h1-26H. The van der Waals surface area contributed by atoms with Gasteiger partial charge in [0.05, 0.1) is 33.3 Å². The van der Waals surface area contributed by atoms with E-state index >= 15 is 0 Å². The number of rotatable bonds is 3. The minimum Gasteiger partial charge on any atom is -0.309 e. The summed E-state index contributed by atoms with van der Waals surface area (Å²) in [4.78, 5) is 10.3. The number of fused-ring (bicyclic) bond motifs is 11. The number of para-hydroxylation sites is 3. The van der Waals surface area contributed by atoms with Crippen LogP contribution in [-0.4, -0.2) is 18.9 Å². The number of hydrogen-bond donors (Lipinski definition) is 0. The normalized spacial score (nSPS) is 11.9. The van der Waals surface area contributed by atoms with Gasteiger partial charge in [0.15, 0.2) is 5.82 Å². The lowest BCUT2D eigenvalue weighted by molar-refractivity contribution is 1.05. The second-order valence-corrected chi connectivity index (χ2v) is 11.9. The van der Waals surface area contributed by atoms with Crippen LogP contribution in [-0.2, 0) is 0 Å². The third-order valence-electron chi connectivity index (χ3n) is 9.28. The van der Waals surface area contributed by atoms with Gasteiger partial charge in [-0.1, -0.05) is 115 Å². The van der Waals surface area contributed by atoms with Crippen LogP contribution in [0.15, 0.2) is 158 Å². The Kier molecular flexibility index (Phi) is 5.25. The maximum Gasteiger partial charge on any atom is 0.162 e. The Morgan fingerprint density at radius 2 is 0.978 bits per heavy atom. The molecule has 0 N–H and O–H groups in total. The first-order valence-corrected chi connectivity index (χ1v) is 15.6. The zero-order chi connectivity index (χ0) is 30.2. The van der Waals surface area contributed by atoms with Crippen LogP contribution in [0.25, 0.3) is 88.4 Å². The van der Waals surface area contributed by atoms with Crippen molar-refractivity contribution in [1.29, 1.82) is 0 Å². The van der Waals surface area contributed by atoms with E-state index in [0.29, 0.717) is 5.82 Å². The van der Waals surface area contributed by atoms with E-state index in [2.05, 4.69) is 142 Å². The number of nitrogens with zero attached hydrogens (tertiary/aromatic N) is 4. The van der Waals surface area contributed by atoms with Gasteiger partial charge in [-0.25, -0.2) is 9.97 Å². The Morgan fingerprint density at radius 3 is 1.76 bits per heavy atom. The molecule has 0 atom stereocenters. The number of benzene rings is 6. The van der Waals surface area contributed by atoms with Gasteiger partial charge in [-0.2, -0.15) is 0 Å². The summed E-state index contributed by atoms with van der Waals surface area (Å²) in [5.74, 6) is 1.55. The minimum absolute atomic E-state index is 0.704. The van der Waals surface area contributed by atoms with E-state index in [1.165, 1.54) is 48.9 Å².